The minimum absolute atomic E-state index is 0.622. The third-order valence-corrected chi connectivity index (χ3v) is 4.00. The molecule has 0 saturated carbocycles. The second-order valence-corrected chi connectivity index (χ2v) is 5.48. The van der Waals surface area contributed by atoms with Gasteiger partial charge < -0.3 is 4.57 Å². The van der Waals surface area contributed by atoms with E-state index in [1.165, 1.54) is 12.1 Å². The number of hydrogen-bond acceptors (Lipinski definition) is 2. The second-order valence-electron chi connectivity index (χ2n) is 4.39. The molecule has 0 atom stereocenters. The normalized spacial score (nSPS) is 12.0. The smallest absolute Gasteiger partial charge is 0.301 e. The molecule has 21 heavy (non-hydrogen) atoms. The van der Waals surface area contributed by atoms with Gasteiger partial charge in [0.05, 0.1) is 5.56 Å². The zero-order valence-electron chi connectivity index (χ0n) is 10.4. The van der Waals surface area contributed by atoms with Crippen LogP contribution in [0.5, 0.6) is 0 Å². The highest BCUT2D eigenvalue weighted by Crippen LogP contribution is 2.30. The third kappa shape index (κ3) is 2.73. The van der Waals surface area contributed by atoms with Gasteiger partial charge in [-0.05, 0) is 58.1 Å². The van der Waals surface area contributed by atoms with Crippen molar-refractivity contribution >= 4 is 32.7 Å². The van der Waals surface area contributed by atoms with Gasteiger partial charge in [0.1, 0.15) is 5.65 Å². The van der Waals surface area contributed by atoms with Crippen LogP contribution in [0.3, 0.4) is 0 Å². The van der Waals surface area contributed by atoms with Crippen LogP contribution in [-0.2, 0) is 6.18 Å². The highest BCUT2D eigenvalue weighted by Gasteiger charge is 2.30. The Balaban J connectivity index is 2.04. The van der Waals surface area contributed by atoms with E-state index >= 15 is 0 Å². The first-order valence-electron chi connectivity index (χ1n) is 5.92. The number of benzene rings is 1. The van der Waals surface area contributed by atoms with Crippen molar-refractivity contribution in [1.82, 2.24) is 9.55 Å². The Morgan fingerprint density at radius 1 is 1.10 bits per heavy atom. The highest BCUT2D eigenvalue weighted by molar-refractivity contribution is 8.21. The van der Waals surface area contributed by atoms with Crippen molar-refractivity contribution in [2.45, 2.75) is 11.1 Å². The van der Waals surface area contributed by atoms with Gasteiger partial charge >= 0.3 is 6.18 Å². The van der Waals surface area contributed by atoms with Gasteiger partial charge in [0.2, 0.25) is 0 Å². The molecule has 0 saturated heterocycles. The summed E-state index contributed by atoms with van der Waals surface area (Å²) >= 11 is 0. The largest absolute Gasteiger partial charge is 0.416 e. The van der Waals surface area contributed by atoms with Crippen molar-refractivity contribution in [3.05, 3.63) is 54.4 Å². The van der Waals surface area contributed by atoms with Crippen molar-refractivity contribution in [2.24, 2.45) is 0 Å². The van der Waals surface area contributed by atoms with Crippen LogP contribution in [0.15, 0.2) is 53.7 Å². The molecule has 0 amide bonds. The lowest BCUT2D eigenvalue weighted by Gasteiger charge is -2.09. The molecule has 0 aliphatic heterocycles. The molecule has 2 nitrogen and oxygen atoms in total. The van der Waals surface area contributed by atoms with E-state index < -0.39 is 11.7 Å². The maximum Gasteiger partial charge on any atom is 0.416 e. The number of pyridine rings is 1. The Kier molecular flexibility index (Phi) is 3.59. The number of rotatable bonds is 2. The molecule has 3 aromatic rings. The molecule has 0 N–H and O–H groups in total. The average Bonchev–Trinajstić information content (AvgIpc) is 2.89. The topological polar surface area (TPSA) is 17.8 Å². The van der Waals surface area contributed by atoms with Gasteiger partial charge in [0, 0.05) is 28.4 Å². The molecular formula is C14H8ClF3N2S. The van der Waals surface area contributed by atoms with Crippen LogP contribution in [0.1, 0.15) is 5.56 Å². The zero-order chi connectivity index (χ0) is 15.0. The lowest BCUT2D eigenvalue weighted by atomic mass is 10.2. The molecule has 2 aromatic heterocycles. The summed E-state index contributed by atoms with van der Waals surface area (Å²) in [6, 6.07) is 8.69. The molecule has 0 spiro atoms. The average molecular weight is 329 g/mol. The number of hydrogen-bond donors (Lipinski definition) is 0. The number of halogens is 4. The number of aromatic nitrogens is 2. The molecule has 3 rings (SSSR count). The molecular weight excluding hydrogens is 321 g/mol. The van der Waals surface area contributed by atoms with Crippen molar-refractivity contribution in [3.8, 4) is 5.69 Å². The Bertz CT molecular complexity index is 781. The van der Waals surface area contributed by atoms with Gasteiger partial charge in [0.15, 0.2) is 0 Å². The van der Waals surface area contributed by atoms with E-state index in [1.54, 1.807) is 17.0 Å². The van der Waals surface area contributed by atoms with Crippen LogP contribution in [-0.4, -0.2) is 9.55 Å². The summed E-state index contributed by atoms with van der Waals surface area (Å²) in [5, 5.41) is 0.876. The van der Waals surface area contributed by atoms with E-state index in [0.29, 0.717) is 11.3 Å². The fourth-order valence-corrected chi connectivity index (χ4v) is 2.58. The highest BCUT2D eigenvalue weighted by atomic mass is 35.7. The van der Waals surface area contributed by atoms with Gasteiger partial charge in [-0.3, -0.25) is 0 Å². The van der Waals surface area contributed by atoms with Crippen LogP contribution < -0.4 is 0 Å². The number of nitrogens with zero attached hydrogens (tertiary/aromatic N) is 2. The summed E-state index contributed by atoms with van der Waals surface area (Å²) < 4.78 is 39.4. The first kappa shape index (κ1) is 14.3. The molecule has 108 valence electrons. The third-order valence-electron chi connectivity index (χ3n) is 3.06. The molecule has 0 aliphatic carbocycles. The van der Waals surface area contributed by atoms with Crippen molar-refractivity contribution in [1.29, 1.82) is 0 Å². The molecule has 0 bridgehead atoms. The van der Waals surface area contributed by atoms with E-state index in [1.807, 2.05) is 12.1 Å². The molecule has 0 unspecified atom stereocenters. The Morgan fingerprint density at radius 3 is 2.43 bits per heavy atom. The lowest BCUT2D eigenvalue weighted by Crippen LogP contribution is -2.04. The predicted molar refractivity (Wildman–Crippen MR) is 77.8 cm³/mol. The van der Waals surface area contributed by atoms with Crippen molar-refractivity contribution in [2.75, 3.05) is 0 Å². The zero-order valence-corrected chi connectivity index (χ0v) is 12.0. The Morgan fingerprint density at radius 2 is 1.81 bits per heavy atom. The monoisotopic (exact) mass is 328 g/mol. The maximum atomic E-state index is 12.6. The van der Waals surface area contributed by atoms with Crippen molar-refractivity contribution in [3.63, 3.8) is 0 Å². The van der Waals surface area contributed by atoms with Gasteiger partial charge in [0.25, 0.3) is 0 Å². The fourth-order valence-electron chi connectivity index (χ4n) is 2.07. The van der Waals surface area contributed by atoms with E-state index in [4.69, 9.17) is 10.7 Å². The lowest BCUT2D eigenvalue weighted by molar-refractivity contribution is -0.137. The number of alkyl halides is 3. The molecule has 7 heteroatoms. The first-order valence-corrected chi connectivity index (χ1v) is 7.56. The van der Waals surface area contributed by atoms with Crippen LogP contribution in [0.25, 0.3) is 16.7 Å². The summed E-state index contributed by atoms with van der Waals surface area (Å²) in [6.45, 7) is 0. The second kappa shape index (κ2) is 5.27. The van der Waals surface area contributed by atoms with Crippen LogP contribution >= 0.6 is 21.7 Å². The standard InChI is InChI=1S/C14H8ClF3N2S/c15-21-12-7-9-5-6-20(13(9)19-8-12)11-3-1-10(2-4-11)14(16,17)18/h1-8H. The minimum Gasteiger partial charge on any atom is -0.301 e. The van der Waals surface area contributed by atoms with E-state index in [9.17, 15) is 13.2 Å². The van der Waals surface area contributed by atoms with Gasteiger partial charge in [-0.25, -0.2) is 4.98 Å². The predicted octanol–water partition coefficient (Wildman–Crippen LogP) is 5.29. The summed E-state index contributed by atoms with van der Waals surface area (Å²) in [6.07, 6.45) is -0.939. The maximum absolute atomic E-state index is 12.6. The van der Waals surface area contributed by atoms with E-state index in [-0.39, 0.29) is 0 Å². The van der Waals surface area contributed by atoms with Crippen LogP contribution in [0.4, 0.5) is 13.2 Å². The quantitative estimate of drug-likeness (QED) is 0.636. The first-order chi connectivity index (χ1) is 9.99. The van der Waals surface area contributed by atoms with Gasteiger partial charge in [-0.15, -0.1) is 0 Å². The van der Waals surface area contributed by atoms with Gasteiger partial charge in [-0.1, -0.05) is 0 Å². The molecule has 2 heterocycles. The van der Waals surface area contributed by atoms with Crippen LogP contribution in [0, 0.1) is 0 Å². The number of fused-ring (bicyclic) bond motifs is 1. The van der Waals surface area contributed by atoms with E-state index in [0.717, 1.165) is 33.4 Å². The minimum atomic E-state index is -4.33. The molecule has 0 radical (unpaired) electrons. The Hall–Kier alpha value is -1.66. The molecule has 1 aromatic carbocycles. The summed E-state index contributed by atoms with van der Waals surface area (Å²) in [5.41, 5.74) is 0.623. The van der Waals surface area contributed by atoms with Gasteiger partial charge in [-0.2, -0.15) is 13.2 Å². The van der Waals surface area contributed by atoms with Crippen LogP contribution in [0.2, 0.25) is 0 Å². The molecule has 0 fully saturated rings. The SMILES string of the molecule is FC(F)(F)c1ccc(-n2ccc3cc(SCl)cnc32)cc1. The Labute approximate surface area is 127 Å². The van der Waals surface area contributed by atoms with Crippen molar-refractivity contribution < 1.29 is 13.2 Å². The fraction of sp³-hybridized carbons (Fsp3) is 0.0714. The molecule has 0 aliphatic rings. The summed E-state index contributed by atoms with van der Waals surface area (Å²) in [7, 11) is 6.74. The summed E-state index contributed by atoms with van der Waals surface area (Å²) in [4.78, 5) is 5.11. The van der Waals surface area contributed by atoms with E-state index in [2.05, 4.69) is 4.98 Å². The summed E-state index contributed by atoms with van der Waals surface area (Å²) in [5.74, 6) is 0.